The summed E-state index contributed by atoms with van der Waals surface area (Å²) in [6, 6.07) is 10.7. The van der Waals surface area contributed by atoms with Crippen LogP contribution >= 0.6 is 0 Å². The zero-order valence-corrected chi connectivity index (χ0v) is 14.2. The van der Waals surface area contributed by atoms with Gasteiger partial charge in [0.05, 0.1) is 12.8 Å². The molecule has 0 unspecified atom stereocenters. The highest BCUT2D eigenvalue weighted by molar-refractivity contribution is 6.39. The third-order valence-electron chi connectivity index (χ3n) is 4.14. The van der Waals surface area contributed by atoms with Crippen LogP contribution in [-0.4, -0.2) is 31.7 Å². The molecule has 1 fully saturated rings. The molecule has 27 heavy (non-hydrogen) atoms. The molecule has 2 heterocycles. The first-order valence-electron chi connectivity index (χ1n) is 8.02. The van der Waals surface area contributed by atoms with Crippen molar-refractivity contribution >= 4 is 29.6 Å². The standard InChI is InChI=1S/C19H14N2O6/c1-25-13-5-2-11(3-6-13)8-14-17(22)20-19(24)21(18(14)23)12-4-7-15-16(9-12)27-10-26-15/h2-9H,10H2,1H3,(H,20,22,24)/b14-8+. The van der Waals surface area contributed by atoms with Crippen molar-refractivity contribution in [3.8, 4) is 17.2 Å². The van der Waals surface area contributed by atoms with Gasteiger partial charge in [-0.2, -0.15) is 0 Å². The molecule has 0 aromatic heterocycles. The largest absolute Gasteiger partial charge is 0.497 e. The summed E-state index contributed by atoms with van der Waals surface area (Å²) in [4.78, 5) is 38.2. The second-order valence-corrected chi connectivity index (χ2v) is 5.77. The zero-order valence-electron chi connectivity index (χ0n) is 14.2. The molecule has 4 amide bonds. The number of carbonyl (C=O) groups excluding carboxylic acids is 3. The summed E-state index contributed by atoms with van der Waals surface area (Å²) in [6.07, 6.45) is 1.42. The predicted octanol–water partition coefficient (Wildman–Crippen LogP) is 2.09. The SMILES string of the molecule is COc1ccc(/C=C2\C(=O)NC(=O)N(c3ccc4c(c3)OCO4)C2=O)cc1. The van der Waals surface area contributed by atoms with E-state index in [1.807, 2.05) is 0 Å². The third kappa shape index (κ3) is 2.97. The van der Waals surface area contributed by atoms with E-state index in [0.717, 1.165) is 4.90 Å². The van der Waals surface area contributed by atoms with Crippen LogP contribution in [0.1, 0.15) is 5.56 Å². The van der Waals surface area contributed by atoms with Crippen molar-refractivity contribution in [2.24, 2.45) is 0 Å². The molecule has 0 bridgehead atoms. The topological polar surface area (TPSA) is 94.2 Å². The van der Waals surface area contributed by atoms with E-state index in [2.05, 4.69) is 5.32 Å². The fourth-order valence-corrected chi connectivity index (χ4v) is 2.78. The van der Waals surface area contributed by atoms with Crippen LogP contribution in [0.15, 0.2) is 48.0 Å². The fourth-order valence-electron chi connectivity index (χ4n) is 2.78. The van der Waals surface area contributed by atoms with Crippen LogP contribution in [0.5, 0.6) is 17.2 Å². The van der Waals surface area contributed by atoms with Crippen LogP contribution in [0.2, 0.25) is 0 Å². The Kier molecular flexibility index (Phi) is 4.00. The number of ether oxygens (including phenoxy) is 3. The van der Waals surface area contributed by atoms with E-state index >= 15 is 0 Å². The van der Waals surface area contributed by atoms with E-state index in [4.69, 9.17) is 14.2 Å². The molecule has 2 aromatic carbocycles. The Hall–Kier alpha value is -3.81. The molecular formula is C19H14N2O6. The number of amides is 4. The van der Waals surface area contributed by atoms with Crippen LogP contribution in [-0.2, 0) is 9.59 Å². The van der Waals surface area contributed by atoms with Gasteiger partial charge in [0, 0.05) is 6.07 Å². The summed E-state index contributed by atoms with van der Waals surface area (Å²) < 4.78 is 15.6. The molecule has 2 aliphatic heterocycles. The summed E-state index contributed by atoms with van der Waals surface area (Å²) in [5, 5.41) is 2.18. The number of hydrogen-bond acceptors (Lipinski definition) is 6. The van der Waals surface area contributed by atoms with Gasteiger partial charge in [0.2, 0.25) is 6.79 Å². The Morgan fingerprint density at radius 2 is 1.78 bits per heavy atom. The van der Waals surface area contributed by atoms with Crippen LogP contribution < -0.4 is 24.4 Å². The van der Waals surface area contributed by atoms with Gasteiger partial charge in [-0.3, -0.25) is 14.9 Å². The van der Waals surface area contributed by atoms with Crippen LogP contribution in [0.4, 0.5) is 10.5 Å². The van der Waals surface area contributed by atoms with Crippen LogP contribution in [0, 0.1) is 0 Å². The summed E-state index contributed by atoms with van der Waals surface area (Å²) >= 11 is 0. The molecule has 0 aliphatic carbocycles. The molecular weight excluding hydrogens is 352 g/mol. The number of rotatable bonds is 3. The molecule has 4 rings (SSSR count). The van der Waals surface area contributed by atoms with Crippen molar-refractivity contribution in [1.82, 2.24) is 5.32 Å². The number of urea groups is 1. The smallest absolute Gasteiger partial charge is 0.335 e. The molecule has 1 saturated heterocycles. The number of anilines is 1. The Balaban J connectivity index is 1.69. The lowest BCUT2D eigenvalue weighted by Crippen LogP contribution is -2.54. The minimum Gasteiger partial charge on any atom is -0.497 e. The van der Waals surface area contributed by atoms with Crippen molar-refractivity contribution in [2.45, 2.75) is 0 Å². The first kappa shape index (κ1) is 16.6. The maximum Gasteiger partial charge on any atom is 0.335 e. The normalized spacial score (nSPS) is 17.3. The molecule has 8 nitrogen and oxygen atoms in total. The molecule has 2 aliphatic rings. The monoisotopic (exact) mass is 366 g/mol. The van der Waals surface area contributed by atoms with Crippen molar-refractivity contribution in [2.75, 3.05) is 18.8 Å². The van der Waals surface area contributed by atoms with Gasteiger partial charge in [-0.1, -0.05) is 12.1 Å². The summed E-state index contributed by atoms with van der Waals surface area (Å²) in [5.74, 6) is 0.115. The Labute approximate surface area is 153 Å². The second kappa shape index (κ2) is 6.49. The quantitative estimate of drug-likeness (QED) is 0.660. The lowest BCUT2D eigenvalue weighted by Gasteiger charge is -2.26. The molecule has 0 saturated carbocycles. The highest BCUT2D eigenvalue weighted by Crippen LogP contribution is 2.36. The van der Waals surface area contributed by atoms with Gasteiger partial charge in [-0.25, -0.2) is 9.69 Å². The van der Waals surface area contributed by atoms with Gasteiger partial charge >= 0.3 is 6.03 Å². The van der Waals surface area contributed by atoms with Gasteiger partial charge < -0.3 is 14.2 Å². The Bertz CT molecular complexity index is 980. The number of hydrogen-bond donors (Lipinski definition) is 1. The average Bonchev–Trinajstić information content (AvgIpc) is 3.13. The van der Waals surface area contributed by atoms with E-state index in [1.165, 1.54) is 12.1 Å². The molecule has 0 radical (unpaired) electrons. The summed E-state index contributed by atoms with van der Waals surface area (Å²) in [5.41, 5.74) is 0.738. The van der Waals surface area contributed by atoms with Crippen molar-refractivity contribution in [3.63, 3.8) is 0 Å². The van der Waals surface area contributed by atoms with E-state index < -0.39 is 17.8 Å². The molecule has 136 valence electrons. The van der Waals surface area contributed by atoms with E-state index in [0.29, 0.717) is 22.8 Å². The molecule has 8 heteroatoms. The molecule has 0 atom stereocenters. The summed E-state index contributed by atoms with van der Waals surface area (Å²) in [7, 11) is 1.54. The third-order valence-corrected chi connectivity index (χ3v) is 4.14. The van der Waals surface area contributed by atoms with Crippen molar-refractivity contribution in [3.05, 3.63) is 53.6 Å². The molecule has 1 N–H and O–H groups in total. The lowest BCUT2D eigenvalue weighted by molar-refractivity contribution is -0.122. The minimum absolute atomic E-state index is 0.0695. The van der Waals surface area contributed by atoms with E-state index in [-0.39, 0.29) is 18.1 Å². The zero-order chi connectivity index (χ0) is 19.0. The highest BCUT2D eigenvalue weighted by atomic mass is 16.7. The van der Waals surface area contributed by atoms with E-state index in [1.54, 1.807) is 43.5 Å². The number of methoxy groups -OCH3 is 1. The maximum atomic E-state index is 12.9. The average molecular weight is 366 g/mol. The maximum absolute atomic E-state index is 12.9. The number of fused-ring (bicyclic) bond motifs is 1. The first-order valence-corrected chi connectivity index (χ1v) is 8.02. The lowest BCUT2D eigenvalue weighted by atomic mass is 10.1. The van der Waals surface area contributed by atoms with Crippen LogP contribution in [0.25, 0.3) is 6.08 Å². The van der Waals surface area contributed by atoms with E-state index in [9.17, 15) is 14.4 Å². The van der Waals surface area contributed by atoms with Gasteiger partial charge in [0.25, 0.3) is 11.8 Å². The number of barbiturate groups is 1. The van der Waals surface area contributed by atoms with Crippen molar-refractivity contribution in [1.29, 1.82) is 0 Å². The van der Waals surface area contributed by atoms with Gasteiger partial charge in [0.15, 0.2) is 11.5 Å². The minimum atomic E-state index is -0.823. The van der Waals surface area contributed by atoms with Gasteiger partial charge in [-0.05, 0) is 35.9 Å². The predicted molar refractivity (Wildman–Crippen MR) is 94.6 cm³/mol. The number of carbonyl (C=O) groups is 3. The van der Waals surface area contributed by atoms with Gasteiger partial charge in [0.1, 0.15) is 11.3 Å². The Morgan fingerprint density at radius 1 is 1.04 bits per heavy atom. The fraction of sp³-hybridized carbons (Fsp3) is 0.105. The van der Waals surface area contributed by atoms with Crippen molar-refractivity contribution < 1.29 is 28.6 Å². The molecule has 2 aromatic rings. The number of nitrogens with one attached hydrogen (secondary N) is 1. The summed E-state index contributed by atoms with van der Waals surface area (Å²) in [6.45, 7) is 0.0695. The number of imide groups is 2. The highest BCUT2D eigenvalue weighted by Gasteiger charge is 2.37. The second-order valence-electron chi connectivity index (χ2n) is 5.77. The molecule has 0 spiro atoms. The Morgan fingerprint density at radius 3 is 2.52 bits per heavy atom. The number of benzene rings is 2. The van der Waals surface area contributed by atoms with Crippen LogP contribution in [0.3, 0.4) is 0 Å². The van der Waals surface area contributed by atoms with Gasteiger partial charge in [-0.15, -0.1) is 0 Å². The first-order chi connectivity index (χ1) is 13.1. The number of nitrogens with zero attached hydrogens (tertiary/aromatic N) is 1.